The molecule has 124 valence electrons. The van der Waals surface area contributed by atoms with Crippen molar-refractivity contribution in [1.82, 2.24) is 21.7 Å². The molecule has 2 rings (SSSR count). The van der Waals surface area contributed by atoms with Crippen LogP contribution in [0.1, 0.15) is 20.7 Å². The molecule has 0 radical (unpaired) electrons. The predicted octanol–water partition coefficient (Wildman–Crippen LogP) is 2.50. The molecule has 4 N–H and O–H groups in total. The molecule has 0 aliphatic carbocycles. The average Bonchev–Trinajstić information content (AvgIpc) is 2.58. The molecule has 24 heavy (non-hydrogen) atoms. The summed E-state index contributed by atoms with van der Waals surface area (Å²) >= 11 is 6.52. The molecule has 0 atom stereocenters. The zero-order valence-electron chi connectivity index (χ0n) is 12.1. The molecule has 2 aromatic carbocycles. The van der Waals surface area contributed by atoms with Gasteiger partial charge in [-0.1, -0.05) is 31.9 Å². The van der Waals surface area contributed by atoms with Gasteiger partial charge in [-0.15, -0.1) is 0 Å². The van der Waals surface area contributed by atoms with Gasteiger partial charge in [0.15, 0.2) is 0 Å². The number of nitrogens with one attached hydrogen (secondary N) is 4. The Hall–Kier alpha value is -2.39. The molecule has 0 aliphatic heterocycles. The number of carbonyl (C=O) groups excluding carboxylic acids is 3. The van der Waals surface area contributed by atoms with E-state index in [2.05, 4.69) is 53.6 Å². The lowest BCUT2D eigenvalue weighted by Gasteiger charge is -2.10. The molecule has 0 saturated heterocycles. The smallest absolute Gasteiger partial charge is 0.267 e. The number of hydrogen-bond donors (Lipinski definition) is 4. The van der Waals surface area contributed by atoms with Crippen LogP contribution in [-0.4, -0.2) is 17.8 Å². The van der Waals surface area contributed by atoms with Crippen molar-refractivity contribution >= 4 is 49.7 Å². The van der Waals surface area contributed by atoms with Crippen LogP contribution in [0.15, 0.2) is 57.5 Å². The van der Waals surface area contributed by atoms with Gasteiger partial charge in [-0.3, -0.25) is 20.4 Å². The average molecular weight is 456 g/mol. The zero-order chi connectivity index (χ0) is 17.5. The molecule has 0 bridgehead atoms. The second-order valence-corrected chi connectivity index (χ2v) is 6.33. The summed E-state index contributed by atoms with van der Waals surface area (Å²) in [5.41, 5.74) is 9.43. The molecule has 0 spiro atoms. The quantitative estimate of drug-likeness (QED) is 0.523. The number of halogens is 2. The fourth-order valence-corrected chi connectivity index (χ4v) is 2.13. The summed E-state index contributed by atoms with van der Waals surface area (Å²) < 4.78 is 1.67. The van der Waals surface area contributed by atoms with Gasteiger partial charge in [0, 0.05) is 20.1 Å². The van der Waals surface area contributed by atoms with Crippen molar-refractivity contribution in [2.24, 2.45) is 0 Å². The summed E-state index contributed by atoms with van der Waals surface area (Å²) in [6, 6.07) is 12.4. The van der Waals surface area contributed by atoms with E-state index in [4.69, 9.17) is 0 Å². The van der Waals surface area contributed by atoms with E-state index in [1.165, 1.54) is 0 Å². The van der Waals surface area contributed by atoms with Crippen molar-refractivity contribution in [1.29, 1.82) is 0 Å². The third kappa shape index (κ3) is 5.36. The van der Waals surface area contributed by atoms with Crippen LogP contribution in [0.3, 0.4) is 0 Å². The van der Waals surface area contributed by atoms with Crippen LogP contribution < -0.4 is 21.7 Å². The second-order valence-electron chi connectivity index (χ2n) is 4.50. The molecular weight excluding hydrogens is 444 g/mol. The highest BCUT2D eigenvalue weighted by Crippen LogP contribution is 2.10. The topological polar surface area (TPSA) is 99.3 Å². The Balaban J connectivity index is 1.77. The first-order valence-corrected chi connectivity index (χ1v) is 8.22. The number of benzene rings is 2. The van der Waals surface area contributed by atoms with Crippen LogP contribution in [0.5, 0.6) is 0 Å². The number of urea groups is 1. The van der Waals surface area contributed by atoms with Crippen LogP contribution >= 0.6 is 31.9 Å². The van der Waals surface area contributed by atoms with Gasteiger partial charge >= 0.3 is 6.03 Å². The fraction of sp³-hybridized carbons (Fsp3) is 0. The molecule has 0 heterocycles. The summed E-state index contributed by atoms with van der Waals surface area (Å²) in [6.45, 7) is 0. The highest BCUT2D eigenvalue weighted by Gasteiger charge is 2.09. The predicted molar refractivity (Wildman–Crippen MR) is 94.9 cm³/mol. The Morgan fingerprint density at radius 1 is 0.583 bits per heavy atom. The normalized spacial score (nSPS) is 9.75. The molecule has 7 nitrogen and oxygen atoms in total. The maximum atomic E-state index is 11.8. The number of rotatable bonds is 2. The number of carbonyl (C=O) groups is 3. The first-order chi connectivity index (χ1) is 11.5. The van der Waals surface area contributed by atoms with Crippen LogP contribution in [0, 0.1) is 0 Å². The molecule has 0 aromatic heterocycles. The van der Waals surface area contributed by atoms with Crippen LogP contribution in [0.25, 0.3) is 0 Å². The monoisotopic (exact) mass is 454 g/mol. The van der Waals surface area contributed by atoms with E-state index in [1.807, 2.05) is 0 Å². The Morgan fingerprint density at radius 2 is 0.917 bits per heavy atom. The maximum Gasteiger partial charge on any atom is 0.352 e. The lowest BCUT2D eigenvalue weighted by molar-refractivity contribution is 0.0929. The van der Waals surface area contributed by atoms with Crippen molar-refractivity contribution in [3.8, 4) is 0 Å². The first kappa shape index (κ1) is 18.0. The molecule has 0 aliphatic rings. The fourth-order valence-electron chi connectivity index (χ4n) is 1.61. The van der Waals surface area contributed by atoms with Crippen molar-refractivity contribution in [3.63, 3.8) is 0 Å². The lowest BCUT2D eigenvalue weighted by atomic mass is 10.2. The minimum absolute atomic E-state index is 0.373. The Labute approximate surface area is 154 Å². The van der Waals surface area contributed by atoms with E-state index in [1.54, 1.807) is 48.5 Å². The van der Waals surface area contributed by atoms with Gasteiger partial charge < -0.3 is 0 Å². The van der Waals surface area contributed by atoms with Gasteiger partial charge in [0.25, 0.3) is 11.8 Å². The molecule has 4 amide bonds. The Morgan fingerprint density at radius 3 is 1.25 bits per heavy atom. The van der Waals surface area contributed by atoms with E-state index in [-0.39, 0.29) is 0 Å². The zero-order valence-corrected chi connectivity index (χ0v) is 15.3. The van der Waals surface area contributed by atoms with E-state index < -0.39 is 17.8 Å². The number of amides is 4. The largest absolute Gasteiger partial charge is 0.352 e. The summed E-state index contributed by atoms with van der Waals surface area (Å²) in [5.74, 6) is -0.978. The molecule has 9 heteroatoms. The number of hydrazine groups is 2. The summed E-state index contributed by atoms with van der Waals surface area (Å²) in [4.78, 5) is 35.1. The van der Waals surface area contributed by atoms with E-state index >= 15 is 0 Å². The van der Waals surface area contributed by atoms with Gasteiger partial charge in [-0.25, -0.2) is 15.6 Å². The molecule has 0 saturated carbocycles. The van der Waals surface area contributed by atoms with Crippen molar-refractivity contribution in [2.75, 3.05) is 0 Å². The Kier molecular flexibility index (Phi) is 6.33. The second kappa shape index (κ2) is 8.46. The summed E-state index contributed by atoms with van der Waals surface area (Å²) in [6.07, 6.45) is 0. The van der Waals surface area contributed by atoms with E-state index in [0.29, 0.717) is 11.1 Å². The standard InChI is InChI=1S/C15H12Br2N4O3/c16-11-5-1-9(2-6-11)13(22)18-20-15(24)21-19-14(23)10-3-7-12(17)8-4-10/h1-8H,(H,18,22)(H,19,23)(H2,20,21,24). The highest BCUT2D eigenvalue weighted by molar-refractivity contribution is 9.10. The first-order valence-electron chi connectivity index (χ1n) is 6.63. The molecule has 2 aromatic rings. The van der Waals surface area contributed by atoms with Crippen LogP contribution in [0.2, 0.25) is 0 Å². The van der Waals surface area contributed by atoms with Gasteiger partial charge in [0.05, 0.1) is 0 Å². The van der Waals surface area contributed by atoms with E-state index in [9.17, 15) is 14.4 Å². The molecule has 0 fully saturated rings. The van der Waals surface area contributed by atoms with Gasteiger partial charge in [0.1, 0.15) is 0 Å². The third-order valence-corrected chi connectivity index (χ3v) is 3.85. The van der Waals surface area contributed by atoms with Gasteiger partial charge in [0.2, 0.25) is 0 Å². The van der Waals surface area contributed by atoms with Crippen LogP contribution in [0.4, 0.5) is 4.79 Å². The van der Waals surface area contributed by atoms with Crippen LogP contribution in [-0.2, 0) is 0 Å². The Bertz CT molecular complexity index is 685. The van der Waals surface area contributed by atoms with Crippen molar-refractivity contribution in [2.45, 2.75) is 0 Å². The molecule has 0 unspecified atom stereocenters. The summed E-state index contributed by atoms with van der Waals surface area (Å²) in [7, 11) is 0. The van der Waals surface area contributed by atoms with Gasteiger partial charge in [-0.05, 0) is 48.5 Å². The number of hydrogen-bond acceptors (Lipinski definition) is 3. The minimum atomic E-state index is -0.786. The minimum Gasteiger partial charge on any atom is -0.267 e. The molecular formula is C15H12Br2N4O3. The highest BCUT2D eigenvalue weighted by atomic mass is 79.9. The van der Waals surface area contributed by atoms with E-state index in [0.717, 1.165) is 8.95 Å². The van der Waals surface area contributed by atoms with Gasteiger partial charge in [-0.2, -0.15) is 0 Å². The van der Waals surface area contributed by atoms with Crippen molar-refractivity contribution < 1.29 is 14.4 Å². The lowest BCUT2D eigenvalue weighted by Crippen LogP contribution is -2.52. The SMILES string of the molecule is O=C(NNC(=O)c1ccc(Br)cc1)NNC(=O)c1ccc(Br)cc1. The maximum absolute atomic E-state index is 11.8. The third-order valence-electron chi connectivity index (χ3n) is 2.79. The summed E-state index contributed by atoms with van der Waals surface area (Å²) in [5, 5.41) is 0. The van der Waals surface area contributed by atoms with Crippen molar-refractivity contribution in [3.05, 3.63) is 68.6 Å².